The van der Waals surface area contributed by atoms with E-state index in [1.165, 1.54) is 11.1 Å². The van der Waals surface area contributed by atoms with Gasteiger partial charge in [-0.15, -0.1) is 0 Å². The number of allylic oxidation sites excluding steroid dienone is 4. The van der Waals surface area contributed by atoms with Crippen molar-refractivity contribution in [2.24, 2.45) is 0 Å². The van der Waals surface area contributed by atoms with E-state index in [2.05, 4.69) is 72.8 Å². The van der Waals surface area contributed by atoms with Crippen LogP contribution >= 0.6 is 27.3 Å². The Morgan fingerprint density at radius 1 is 1.33 bits per heavy atom. The van der Waals surface area contributed by atoms with Gasteiger partial charge in [0, 0.05) is 26.1 Å². The van der Waals surface area contributed by atoms with Crippen LogP contribution in [0, 0.1) is 6.92 Å². The molecule has 0 fully saturated rings. The van der Waals surface area contributed by atoms with Crippen LogP contribution in [0.2, 0.25) is 0 Å². The number of hydrogen-bond donors (Lipinski definition) is 1. The number of likely N-dealkylation sites (N-methyl/N-ethyl adjacent to an activating group) is 1. The van der Waals surface area contributed by atoms with Crippen molar-refractivity contribution in [3.8, 4) is 0 Å². The van der Waals surface area contributed by atoms with Gasteiger partial charge in [0.2, 0.25) is 5.91 Å². The minimum Gasteiger partial charge on any atom is -0.342 e. The fourth-order valence-electron chi connectivity index (χ4n) is 3.41. The van der Waals surface area contributed by atoms with Gasteiger partial charge in [-0.25, -0.2) is 0 Å². The van der Waals surface area contributed by atoms with Crippen molar-refractivity contribution in [3.63, 3.8) is 0 Å². The molecule has 2 rings (SSSR count). The lowest BCUT2D eigenvalue weighted by atomic mass is 9.99. The van der Waals surface area contributed by atoms with Crippen LogP contribution in [-0.4, -0.2) is 40.7 Å². The second kappa shape index (κ2) is 17.3. The number of carbonyl (C=O) groups is 1. The molecule has 0 aromatic carbocycles. The van der Waals surface area contributed by atoms with Crippen molar-refractivity contribution >= 4 is 39.2 Å². The van der Waals surface area contributed by atoms with E-state index >= 15 is 0 Å². The van der Waals surface area contributed by atoms with Gasteiger partial charge in [-0.1, -0.05) is 39.5 Å². The quantitative estimate of drug-likeness (QED) is 0.150. The van der Waals surface area contributed by atoms with E-state index in [1.807, 2.05) is 54.7 Å². The number of nitrogens with zero attached hydrogens (tertiary/aromatic N) is 3. The normalized spacial score (nSPS) is 12.9. The van der Waals surface area contributed by atoms with E-state index in [0.29, 0.717) is 6.54 Å². The first-order valence-corrected chi connectivity index (χ1v) is 14.4. The highest BCUT2D eigenvalue weighted by Gasteiger charge is 2.17. The molecule has 2 aromatic rings. The molecule has 1 amide bonds. The second-order valence-corrected chi connectivity index (χ2v) is 10.1. The Morgan fingerprint density at radius 2 is 2.06 bits per heavy atom. The Balaban J connectivity index is 0.00000316. The monoisotopic (exact) mass is 574 g/mol. The minimum absolute atomic E-state index is 0.0133. The zero-order valence-electron chi connectivity index (χ0n) is 23.0. The van der Waals surface area contributed by atoms with Gasteiger partial charge in [-0.3, -0.25) is 14.8 Å². The molecule has 0 spiro atoms. The summed E-state index contributed by atoms with van der Waals surface area (Å²) in [4.78, 5) is 14.1. The molecule has 0 aliphatic carbocycles. The van der Waals surface area contributed by atoms with Crippen LogP contribution < -0.4 is 5.32 Å². The zero-order valence-corrected chi connectivity index (χ0v) is 25.4. The molecule has 198 valence electrons. The molecule has 0 saturated heterocycles. The number of carbonyl (C=O) groups excluding carboxylic acids is 1. The number of aromatic nitrogens is 2. The predicted octanol–water partition coefficient (Wildman–Crippen LogP) is 7.94. The Morgan fingerprint density at radius 3 is 2.64 bits per heavy atom. The predicted molar refractivity (Wildman–Crippen MR) is 160 cm³/mol. The SMILES string of the molecule is C=C(CC(NCCCN(C)C(=O)/C=C/c1ccsc1)n1ncc(Br)c1C)/C(C)=C(C)/C=C\CC.CC. The van der Waals surface area contributed by atoms with Gasteiger partial charge in [0.05, 0.1) is 16.4 Å². The van der Waals surface area contributed by atoms with Crippen molar-refractivity contribution in [2.45, 2.75) is 67.0 Å². The van der Waals surface area contributed by atoms with Crippen LogP contribution in [-0.2, 0) is 4.79 Å². The van der Waals surface area contributed by atoms with Crippen LogP contribution in [0.5, 0.6) is 0 Å². The summed E-state index contributed by atoms with van der Waals surface area (Å²) in [7, 11) is 1.84. The Hall–Kier alpha value is -2.22. The molecule has 1 N–H and O–H groups in total. The maximum atomic E-state index is 12.4. The van der Waals surface area contributed by atoms with Gasteiger partial charge in [-0.2, -0.15) is 16.4 Å². The van der Waals surface area contributed by atoms with Crippen molar-refractivity contribution in [3.05, 3.63) is 80.3 Å². The highest BCUT2D eigenvalue weighted by molar-refractivity contribution is 9.10. The summed E-state index contributed by atoms with van der Waals surface area (Å²) in [6.07, 6.45) is 12.2. The third-order valence-corrected chi connectivity index (χ3v) is 7.31. The number of amides is 1. The maximum absolute atomic E-state index is 12.4. The fraction of sp³-hybridized carbons (Fsp3) is 0.448. The first-order valence-electron chi connectivity index (χ1n) is 12.6. The largest absolute Gasteiger partial charge is 0.342 e. The summed E-state index contributed by atoms with van der Waals surface area (Å²) in [5.41, 5.74) is 5.66. The lowest BCUT2D eigenvalue weighted by Gasteiger charge is -2.23. The number of rotatable bonds is 13. The first-order chi connectivity index (χ1) is 17.2. The van der Waals surface area contributed by atoms with Gasteiger partial charge in [0.15, 0.2) is 0 Å². The summed E-state index contributed by atoms with van der Waals surface area (Å²) >= 11 is 5.20. The highest BCUT2D eigenvalue weighted by Crippen LogP contribution is 2.25. The average Bonchev–Trinajstić information content (AvgIpc) is 3.53. The summed E-state index contributed by atoms with van der Waals surface area (Å²) in [6.45, 7) is 18.2. The molecule has 36 heavy (non-hydrogen) atoms. The third-order valence-electron chi connectivity index (χ3n) is 5.83. The van der Waals surface area contributed by atoms with Crippen molar-refractivity contribution in [1.29, 1.82) is 0 Å². The molecule has 2 aromatic heterocycles. The van der Waals surface area contributed by atoms with Crippen LogP contribution in [0.4, 0.5) is 0 Å². The van der Waals surface area contributed by atoms with Gasteiger partial charge in [0.25, 0.3) is 0 Å². The minimum atomic E-state index is -0.0174. The number of hydrogen-bond acceptors (Lipinski definition) is 4. The van der Waals surface area contributed by atoms with Crippen molar-refractivity contribution < 1.29 is 4.79 Å². The van der Waals surface area contributed by atoms with Gasteiger partial charge in [0.1, 0.15) is 6.17 Å². The van der Waals surface area contributed by atoms with Crippen LogP contribution in [0.3, 0.4) is 0 Å². The molecule has 5 nitrogen and oxygen atoms in total. The molecule has 0 radical (unpaired) electrons. The van der Waals surface area contributed by atoms with E-state index in [4.69, 9.17) is 0 Å². The van der Waals surface area contributed by atoms with Crippen molar-refractivity contribution in [2.75, 3.05) is 20.1 Å². The summed E-state index contributed by atoms with van der Waals surface area (Å²) in [6, 6.07) is 2.00. The maximum Gasteiger partial charge on any atom is 0.246 e. The van der Waals surface area contributed by atoms with Crippen LogP contribution in [0.15, 0.2) is 69.0 Å². The summed E-state index contributed by atoms with van der Waals surface area (Å²) < 4.78 is 3.00. The molecular weight excluding hydrogens is 532 g/mol. The Bertz CT molecular complexity index is 1030. The summed E-state index contributed by atoms with van der Waals surface area (Å²) in [5.74, 6) is 0.0133. The standard InChI is InChI=1S/C27H37BrN4OS.C2H6/c1-7-8-10-20(2)22(4)21(3)17-26(32-23(5)25(28)18-30-32)29-14-9-15-31(6)27(33)12-11-24-13-16-34-19-24;1-2/h8,10-13,16,18-19,26,29H,3,7,9,14-15,17H2,1-2,4-6H3;1-2H3/b10-8-,12-11+,22-20+;. The van der Waals surface area contributed by atoms with Gasteiger partial charge < -0.3 is 4.90 Å². The summed E-state index contributed by atoms with van der Waals surface area (Å²) in [5, 5.41) is 12.2. The van der Waals surface area contributed by atoms with Gasteiger partial charge >= 0.3 is 0 Å². The molecule has 0 bridgehead atoms. The van der Waals surface area contributed by atoms with Crippen molar-refractivity contribution in [1.82, 2.24) is 20.0 Å². The molecular formula is C29H43BrN4OS. The van der Waals surface area contributed by atoms with E-state index in [9.17, 15) is 4.79 Å². The number of thiophene rings is 1. The average molecular weight is 576 g/mol. The molecule has 0 saturated carbocycles. The molecule has 2 heterocycles. The Labute approximate surface area is 230 Å². The number of nitrogens with one attached hydrogen (secondary N) is 1. The zero-order chi connectivity index (χ0) is 27.1. The molecule has 7 heteroatoms. The first kappa shape index (κ1) is 31.8. The smallest absolute Gasteiger partial charge is 0.246 e. The lowest BCUT2D eigenvalue weighted by molar-refractivity contribution is -0.124. The van der Waals surface area contributed by atoms with E-state index in [1.54, 1.807) is 22.3 Å². The molecule has 0 aliphatic rings. The van der Waals surface area contributed by atoms with E-state index < -0.39 is 0 Å². The van der Waals surface area contributed by atoms with Crippen LogP contribution in [0.25, 0.3) is 6.08 Å². The van der Waals surface area contributed by atoms with E-state index in [0.717, 1.165) is 47.1 Å². The fourth-order valence-corrected chi connectivity index (χ4v) is 4.31. The number of halogens is 1. The third kappa shape index (κ3) is 10.4. The molecule has 1 unspecified atom stereocenters. The molecule has 0 aliphatic heterocycles. The van der Waals surface area contributed by atoms with Gasteiger partial charge in [-0.05, 0) is 101 Å². The van der Waals surface area contributed by atoms with E-state index in [-0.39, 0.29) is 12.1 Å². The second-order valence-electron chi connectivity index (χ2n) is 8.42. The highest BCUT2D eigenvalue weighted by atomic mass is 79.9. The Kier molecular flexibility index (Phi) is 15.3. The van der Waals surface area contributed by atoms with Crippen LogP contribution in [0.1, 0.15) is 71.3 Å². The lowest BCUT2D eigenvalue weighted by Crippen LogP contribution is -2.32. The molecule has 1 atom stereocenters. The topological polar surface area (TPSA) is 50.2 Å².